The largest absolute Gasteiger partial charge is 0.222 e. The zero-order valence-electron chi connectivity index (χ0n) is 15.1. The fraction of sp³-hybridized carbons (Fsp3) is 0.0435. The molecule has 4 rings (SSSR count). The van der Waals surface area contributed by atoms with Crippen LogP contribution in [0.3, 0.4) is 0 Å². The standard InChI is InChI=1S/C23H15Br2ClN2S/c24-18-10-8-15(9-11-18)21-13-22(16-5-3-6-19(25)12-16)28-23(27-21)29-14-17-4-1-2-7-20(17)26/h1-13H,14H2. The molecule has 1 heterocycles. The van der Waals surface area contributed by atoms with Gasteiger partial charge in [-0.25, -0.2) is 9.97 Å². The highest BCUT2D eigenvalue weighted by atomic mass is 79.9. The van der Waals surface area contributed by atoms with E-state index in [9.17, 15) is 0 Å². The Morgan fingerprint density at radius 1 is 0.724 bits per heavy atom. The molecule has 1 aromatic heterocycles. The number of aromatic nitrogens is 2. The van der Waals surface area contributed by atoms with E-state index in [2.05, 4.69) is 56.1 Å². The van der Waals surface area contributed by atoms with Crippen molar-refractivity contribution >= 4 is 55.2 Å². The van der Waals surface area contributed by atoms with E-state index in [0.29, 0.717) is 5.75 Å². The minimum atomic E-state index is 0.710. The van der Waals surface area contributed by atoms with Crippen molar-refractivity contribution in [3.05, 3.63) is 98.4 Å². The van der Waals surface area contributed by atoms with Crippen LogP contribution < -0.4 is 0 Å². The van der Waals surface area contributed by atoms with E-state index in [1.54, 1.807) is 11.8 Å². The number of hydrogen-bond donors (Lipinski definition) is 0. The van der Waals surface area contributed by atoms with Crippen molar-refractivity contribution in [3.8, 4) is 22.5 Å². The van der Waals surface area contributed by atoms with Gasteiger partial charge in [-0.1, -0.05) is 97.7 Å². The molecule has 6 heteroatoms. The number of thioether (sulfide) groups is 1. The first-order valence-corrected chi connectivity index (χ1v) is 11.8. The van der Waals surface area contributed by atoms with Crippen molar-refractivity contribution in [1.29, 1.82) is 0 Å². The molecule has 0 N–H and O–H groups in total. The van der Waals surface area contributed by atoms with E-state index in [4.69, 9.17) is 21.6 Å². The second-order valence-corrected chi connectivity index (χ2v) is 9.50. The van der Waals surface area contributed by atoms with Crippen LogP contribution >= 0.6 is 55.2 Å². The van der Waals surface area contributed by atoms with Crippen LogP contribution in [0.5, 0.6) is 0 Å². The Kier molecular flexibility index (Phi) is 6.70. The summed E-state index contributed by atoms with van der Waals surface area (Å²) in [5.74, 6) is 0.710. The first kappa shape index (κ1) is 20.6. The molecule has 0 saturated heterocycles. The van der Waals surface area contributed by atoms with Gasteiger partial charge in [0.05, 0.1) is 11.4 Å². The predicted octanol–water partition coefficient (Wildman–Crippen LogP) is 8.28. The van der Waals surface area contributed by atoms with Crippen LogP contribution in [-0.4, -0.2) is 9.97 Å². The van der Waals surface area contributed by atoms with E-state index in [1.807, 2.05) is 54.6 Å². The number of halogens is 3. The summed E-state index contributed by atoms with van der Waals surface area (Å²) >= 11 is 14.9. The second kappa shape index (κ2) is 9.43. The van der Waals surface area contributed by atoms with E-state index in [-0.39, 0.29) is 0 Å². The van der Waals surface area contributed by atoms with E-state index in [0.717, 1.165) is 47.2 Å². The van der Waals surface area contributed by atoms with Crippen molar-refractivity contribution in [2.45, 2.75) is 10.9 Å². The summed E-state index contributed by atoms with van der Waals surface area (Å²) in [6.07, 6.45) is 0. The van der Waals surface area contributed by atoms with Crippen LogP contribution in [0, 0.1) is 0 Å². The summed E-state index contributed by atoms with van der Waals surface area (Å²) in [6.45, 7) is 0. The minimum Gasteiger partial charge on any atom is -0.222 e. The number of benzene rings is 3. The van der Waals surface area contributed by atoms with E-state index >= 15 is 0 Å². The Balaban J connectivity index is 1.73. The molecule has 0 unspecified atom stereocenters. The molecule has 0 bridgehead atoms. The van der Waals surface area contributed by atoms with Crippen LogP contribution in [0.2, 0.25) is 5.02 Å². The third-order valence-electron chi connectivity index (χ3n) is 4.28. The van der Waals surface area contributed by atoms with Gasteiger partial charge in [0.2, 0.25) is 0 Å². The summed E-state index contributed by atoms with van der Waals surface area (Å²) in [5.41, 5.74) is 4.94. The molecule has 0 aliphatic heterocycles. The lowest BCUT2D eigenvalue weighted by atomic mass is 10.1. The van der Waals surface area contributed by atoms with E-state index < -0.39 is 0 Å². The van der Waals surface area contributed by atoms with Crippen LogP contribution in [0.1, 0.15) is 5.56 Å². The molecule has 0 amide bonds. The van der Waals surface area contributed by atoms with Gasteiger partial charge in [-0.3, -0.25) is 0 Å². The predicted molar refractivity (Wildman–Crippen MR) is 129 cm³/mol. The van der Waals surface area contributed by atoms with Crippen molar-refractivity contribution in [2.24, 2.45) is 0 Å². The maximum absolute atomic E-state index is 6.31. The maximum atomic E-state index is 6.31. The van der Waals surface area contributed by atoms with Crippen molar-refractivity contribution in [3.63, 3.8) is 0 Å². The molecule has 3 aromatic carbocycles. The lowest BCUT2D eigenvalue weighted by Gasteiger charge is -2.10. The minimum absolute atomic E-state index is 0.710. The number of hydrogen-bond acceptors (Lipinski definition) is 3. The van der Waals surface area contributed by atoms with Gasteiger partial charge >= 0.3 is 0 Å². The van der Waals surface area contributed by atoms with Gasteiger partial charge in [0.15, 0.2) is 5.16 Å². The van der Waals surface area contributed by atoms with Gasteiger partial charge in [-0.05, 0) is 42.0 Å². The SMILES string of the molecule is Clc1ccccc1CSc1nc(-c2ccc(Br)cc2)cc(-c2cccc(Br)c2)n1. The molecule has 0 atom stereocenters. The Hall–Kier alpha value is -1.66. The lowest BCUT2D eigenvalue weighted by molar-refractivity contribution is 0.978. The smallest absolute Gasteiger partial charge is 0.189 e. The average molecular weight is 547 g/mol. The highest BCUT2D eigenvalue weighted by Gasteiger charge is 2.11. The Morgan fingerprint density at radius 3 is 2.17 bits per heavy atom. The fourth-order valence-electron chi connectivity index (χ4n) is 2.81. The molecule has 144 valence electrons. The average Bonchev–Trinajstić information content (AvgIpc) is 2.73. The summed E-state index contributed by atoms with van der Waals surface area (Å²) in [7, 11) is 0. The Labute approximate surface area is 196 Å². The van der Waals surface area contributed by atoms with Gasteiger partial charge in [-0.2, -0.15) is 0 Å². The molecule has 2 nitrogen and oxygen atoms in total. The highest BCUT2D eigenvalue weighted by Crippen LogP contribution is 2.31. The quantitative estimate of drug-likeness (QED) is 0.186. The summed E-state index contributed by atoms with van der Waals surface area (Å²) in [5, 5.41) is 1.48. The maximum Gasteiger partial charge on any atom is 0.189 e. The molecule has 29 heavy (non-hydrogen) atoms. The van der Waals surface area contributed by atoms with Crippen LogP contribution in [-0.2, 0) is 5.75 Å². The van der Waals surface area contributed by atoms with Gasteiger partial charge in [-0.15, -0.1) is 0 Å². The third-order valence-corrected chi connectivity index (χ3v) is 6.57. The monoisotopic (exact) mass is 544 g/mol. The molecular weight excluding hydrogens is 532 g/mol. The zero-order chi connectivity index (χ0) is 20.2. The first-order chi connectivity index (χ1) is 14.1. The van der Waals surface area contributed by atoms with E-state index in [1.165, 1.54) is 0 Å². The van der Waals surface area contributed by atoms with Crippen LogP contribution in [0.4, 0.5) is 0 Å². The molecule has 0 saturated carbocycles. The molecular formula is C23H15Br2ClN2S. The third kappa shape index (κ3) is 5.28. The van der Waals surface area contributed by atoms with Gasteiger partial charge < -0.3 is 0 Å². The second-order valence-electron chi connectivity index (χ2n) is 6.32. The topological polar surface area (TPSA) is 25.8 Å². The van der Waals surface area contributed by atoms with Gasteiger partial charge in [0.25, 0.3) is 0 Å². The van der Waals surface area contributed by atoms with Crippen LogP contribution in [0.25, 0.3) is 22.5 Å². The van der Waals surface area contributed by atoms with Gasteiger partial charge in [0, 0.05) is 30.8 Å². The Morgan fingerprint density at radius 2 is 1.45 bits per heavy atom. The van der Waals surface area contributed by atoms with Crippen molar-refractivity contribution < 1.29 is 0 Å². The summed E-state index contributed by atoms with van der Waals surface area (Å²) in [6, 6.07) is 26.2. The molecule has 0 aliphatic rings. The number of rotatable bonds is 5. The summed E-state index contributed by atoms with van der Waals surface area (Å²) < 4.78 is 2.06. The summed E-state index contributed by atoms with van der Waals surface area (Å²) in [4.78, 5) is 9.62. The molecule has 0 radical (unpaired) electrons. The lowest BCUT2D eigenvalue weighted by Crippen LogP contribution is -1.95. The zero-order valence-corrected chi connectivity index (χ0v) is 19.9. The van der Waals surface area contributed by atoms with Crippen LogP contribution in [0.15, 0.2) is 93.0 Å². The van der Waals surface area contributed by atoms with Crippen molar-refractivity contribution in [1.82, 2.24) is 9.97 Å². The molecule has 0 fully saturated rings. The molecule has 4 aromatic rings. The highest BCUT2D eigenvalue weighted by molar-refractivity contribution is 9.10. The Bertz CT molecular complexity index is 1150. The van der Waals surface area contributed by atoms with Crippen molar-refractivity contribution in [2.75, 3.05) is 0 Å². The molecule has 0 spiro atoms. The first-order valence-electron chi connectivity index (χ1n) is 8.86. The normalized spacial score (nSPS) is 10.9. The number of nitrogens with zero attached hydrogens (tertiary/aromatic N) is 2. The fourth-order valence-corrected chi connectivity index (χ4v) is 4.62. The van der Waals surface area contributed by atoms with Gasteiger partial charge in [0.1, 0.15) is 0 Å². The molecule has 0 aliphatic carbocycles.